The Labute approximate surface area is 254 Å². The van der Waals surface area contributed by atoms with Gasteiger partial charge in [-0.3, -0.25) is 19.2 Å². The first-order chi connectivity index (χ1) is 20.6. The first-order valence-corrected chi connectivity index (χ1v) is 15.5. The molecular weight excluding hydrogens is 550 g/mol. The van der Waals surface area contributed by atoms with Crippen LogP contribution >= 0.6 is 0 Å². The molecule has 1 aromatic rings. The summed E-state index contributed by atoms with van der Waals surface area (Å²) in [5.41, 5.74) is 0.705. The lowest BCUT2D eigenvalue weighted by molar-refractivity contribution is -0.150. The van der Waals surface area contributed by atoms with E-state index >= 15 is 0 Å². The first kappa shape index (κ1) is 32.3. The molecule has 2 fully saturated rings. The molecule has 3 aliphatic heterocycles. The number of hydrogen-bond acceptors (Lipinski definition) is 7. The van der Waals surface area contributed by atoms with Crippen LogP contribution in [0, 0.1) is 11.8 Å². The summed E-state index contributed by atoms with van der Waals surface area (Å²) in [7, 11) is 3.31. The van der Waals surface area contributed by atoms with Crippen molar-refractivity contribution >= 4 is 29.7 Å². The highest BCUT2D eigenvalue weighted by atomic mass is 16.5. The molecule has 0 aromatic heterocycles. The van der Waals surface area contributed by atoms with Crippen molar-refractivity contribution in [3.63, 3.8) is 0 Å². The third-order valence-electron chi connectivity index (χ3n) is 8.82. The molecule has 3 heterocycles. The van der Waals surface area contributed by atoms with Gasteiger partial charge in [0.15, 0.2) is 0 Å². The lowest BCUT2D eigenvalue weighted by Gasteiger charge is -2.35. The van der Waals surface area contributed by atoms with Crippen LogP contribution in [-0.4, -0.2) is 90.9 Å². The number of benzene rings is 1. The number of hydrogen-bond donors (Lipinski definition) is 3. The highest BCUT2D eigenvalue weighted by Crippen LogP contribution is 2.32. The normalized spacial score (nSPS) is 24.0. The zero-order valence-electron chi connectivity index (χ0n) is 26.2. The smallest absolute Gasteiger partial charge is 0.249 e. The molecule has 0 spiro atoms. The number of carbonyl (C=O) groups is 4. The van der Waals surface area contributed by atoms with Crippen molar-refractivity contribution in [1.29, 1.82) is 0 Å². The van der Waals surface area contributed by atoms with Crippen LogP contribution in [-0.2, 0) is 19.2 Å². The molecule has 0 saturated carbocycles. The molecule has 1 aromatic carbocycles. The molecule has 6 atom stereocenters. The van der Waals surface area contributed by atoms with Crippen molar-refractivity contribution < 1.29 is 28.7 Å². The number of ether oxygens (including phenoxy) is 2. The zero-order chi connectivity index (χ0) is 31.3. The van der Waals surface area contributed by atoms with Crippen molar-refractivity contribution in [2.45, 2.75) is 90.1 Å². The maximum atomic E-state index is 14.3. The molecule has 11 heteroatoms. The van der Waals surface area contributed by atoms with Gasteiger partial charge in [-0.05, 0) is 62.4 Å². The highest BCUT2D eigenvalue weighted by molar-refractivity contribution is 5.96. The number of likely N-dealkylation sites (N-methyl/N-ethyl adjacent to an activating group) is 1. The Kier molecular flexibility index (Phi) is 10.7. The van der Waals surface area contributed by atoms with Crippen LogP contribution in [0.4, 0.5) is 0 Å². The van der Waals surface area contributed by atoms with Crippen LogP contribution in [0.5, 0.6) is 11.5 Å². The molecule has 4 rings (SSSR count). The predicted molar refractivity (Wildman–Crippen MR) is 163 cm³/mol. The van der Waals surface area contributed by atoms with Crippen LogP contribution in [0.3, 0.4) is 0 Å². The second kappa shape index (κ2) is 14.2. The minimum absolute atomic E-state index is 0.0726. The number of fused-ring (bicyclic) bond motifs is 4. The number of amides is 4. The third-order valence-corrected chi connectivity index (χ3v) is 8.82. The van der Waals surface area contributed by atoms with Crippen LogP contribution < -0.4 is 25.4 Å². The Hall–Kier alpha value is -3.60. The van der Waals surface area contributed by atoms with Gasteiger partial charge in [0.25, 0.3) is 0 Å². The maximum absolute atomic E-state index is 14.3. The molecular formula is C32H47N5O6. The lowest BCUT2D eigenvalue weighted by atomic mass is 9.96. The van der Waals surface area contributed by atoms with Crippen molar-refractivity contribution in [2.75, 3.05) is 27.2 Å². The van der Waals surface area contributed by atoms with Gasteiger partial charge in [-0.15, -0.1) is 0 Å². The fourth-order valence-corrected chi connectivity index (χ4v) is 6.36. The molecule has 2 saturated heterocycles. The van der Waals surface area contributed by atoms with Crippen LogP contribution in [0.15, 0.2) is 24.4 Å². The third kappa shape index (κ3) is 7.14. The molecule has 0 aliphatic carbocycles. The Morgan fingerprint density at radius 1 is 1.16 bits per heavy atom. The van der Waals surface area contributed by atoms with Gasteiger partial charge in [0.05, 0.1) is 13.2 Å². The van der Waals surface area contributed by atoms with Crippen LogP contribution in [0.2, 0.25) is 0 Å². The van der Waals surface area contributed by atoms with Crippen LogP contribution in [0.25, 0.3) is 6.08 Å². The van der Waals surface area contributed by atoms with Gasteiger partial charge in [0, 0.05) is 31.3 Å². The average Bonchev–Trinajstić information content (AvgIpc) is 3.64. The largest absolute Gasteiger partial charge is 0.496 e. The van der Waals surface area contributed by atoms with E-state index in [1.807, 2.05) is 27.7 Å². The Bertz CT molecular complexity index is 1220. The summed E-state index contributed by atoms with van der Waals surface area (Å²) in [6.07, 6.45) is 5.52. The minimum Gasteiger partial charge on any atom is -0.496 e. The van der Waals surface area contributed by atoms with Gasteiger partial charge < -0.3 is 35.2 Å². The van der Waals surface area contributed by atoms with Crippen molar-refractivity contribution in [1.82, 2.24) is 25.8 Å². The minimum atomic E-state index is -0.943. The van der Waals surface area contributed by atoms with E-state index < -0.39 is 30.3 Å². The van der Waals surface area contributed by atoms with E-state index in [9.17, 15) is 19.2 Å². The van der Waals surface area contributed by atoms with E-state index in [1.165, 1.54) is 0 Å². The molecule has 2 bridgehead atoms. The highest BCUT2D eigenvalue weighted by Gasteiger charge is 2.49. The van der Waals surface area contributed by atoms with Crippen molar-refractivity contribution in [3.8, 4) is 11.5 Å². The van der Waals surface area contributed by atoms with E-state index in [0.29, 0.717) is 55.8 Å². The van der Waals surface area contributed by atoms with E-state index in [-0.39, 0.29) is 35.5 Å². The first-order valence-electron chi connectivity index (χ1n) is 15.5. The quantitative estimate of drug-likeness (QED) is 0.399. The molecule has 0 radical (unpaired) electrons. The summed E-state index contributed by atoms with van der Waals surface area (Å²) in [4.78, 5) is 58.3. The fraction of sp³-hybridized carbons (Fsp3) is 0.625. The summed E-state index contributed by atoms with van der Waals surface area (Å²) in [5.74, 6) is 0.183. The summed E-state index contributed by atoms with van der Waals surface area (Å²) in [6, 6.07) is 2.48. The lowest BCUT2D eigenvalue weighted by Crippen LogP contribution is -2.60. The van der Waals surface area contributed by atoms with E-state index in [0.717, 1.165) is 6.42 Å². The second-order valence-electron chi connectivity index (χ2n) is 12.2. The summed E-state index contributed by atoms with van der Waals surface area (Å²) >= 11 is 0. The number of likely N-dealkylation sites (tertiary alicyclic amines) is 1. The molecule has 3 aliphatic rings. The Morgan fingerprint density at radius 2 is 1.93 bits per heavy atom. The number of nitrogens with one attached hydrogen (secondary N) is 3. The Balaban J connectivity index is 1.69. The zero-order valence-corrected chi connectivity index (χ0v) is 26.2. The summed E-state index contributed by atoms with van der Waals surface area (Å²) < 4.78 is 11.9. The molecule has 11 nitrogen and oxygen atoms in total. The summed E-state index contributed by atoms with van der Waals surface area (Å²) in [6.45, 7) is 8.72. The van der Waals surface area contributed by atoms with Crippen LogP contribution in [0.1, 0.15) is 65.4 Å². The predicted octanol–water partition coefficient (Wildman–Crippen LogP) is 2.30. The number of methoxy groups -OCH3 is 1. The number of carbonyl (C=O) groups excluding carboxylic acids is 4. The topological polar surface area (TPSA) is 129 Å². The van der Waals surface area contributed by atoms with Gasteiger partial charge in [0.1, 0.15) is 35.7 Å². The molecule has 4 amide bonds. The van der Waals surface area contributed by atoms with E-state index in [4.69, 9.17) is 9.47 Å². The number of nitrogens with zero attached hydrogens (tertiary/aromatic N) is 2. The molecule has 3 N–H and O–H groups in total. The van der Waals surface area contributed by atoms with E-state index in [1.54, 1.807) is 54.4 Å². The van der Waals surface area contributed by atoms with Crippen molar-refractivity contribution in [3.05, 3.63) is 30.0 Å². The molecule has 6 unspecified atom stereocenters. The average molecular weight is 598 g/mol. The van der Waals surface area contributed by atoms with Gasteiger partial charge in [-0.1, -0.05) is 34.1 Å². The van der Waals surface area contributed by atoms with E-state index in [2.05, 4.69) is 16.0 Å². The van der Waals surface area contributed by atoms with Gasteiger partial charge >= 0.3 is 0 Å². The second-order valence-corrected chi connectivity index (χ2v) is 12.2. The number of rotatable bonds is 9. The van der Waals surface area contributed by atoms with Gasteiger partial charge in [-0.25, -0.2) is 0 Å². The van der Waals surface area contributed by atoms with Gasteiger partial charge in [-0.2, -0.15) is 0 Å². The van der Waals surface area contributed by atoms with Crippen molar-refractivity contribution in [2.24, 2.45) is 11.8 Å². The van der Waals surface area contributed by atoms with Gasteiger partial charge in [0.2, 0.25) is 23.6 Å². The standard InChI is InChI=1S/C32H47N5O6/c1-7-20(4)27(33-5)30(39)35-23(17-19(2)3)31(40)37-16-13-26-28(37)32(41)36-15-8-9-24(36)29(38)34-14-12-21-18-22(43-26)10-11-25(21)42-6/h10-12,14,18-20,23-24,26-28,33H,7-9,13,15-17H2,1-6H3,(H,34,38)(H,35,39). The Morgan fingerprint density at radius 3 is 2.60 bits per heavy atom. The fourth-order valence-electron chi connectivity index (χ4n) is 6.36. The monoisotopic (exact) mass is 597 g/mol. The molecule has 236 valence electrons. The SMILES string of the molecule is CCC(C)C(NC)C(=O)NC(CC(C)C)C(=O)N1CCC2Oc3ccc(OC)c(c3)C=CNC(=O)C3CCCN3C(=O)C21. The summed E-state index contributed by atoms with van der Waals surface area (Å²) in [5, 5.41) is 8.91. The molecule has 43 heavy (non-hydrogen) atoms. The maximum Gasteiger partial charge on any atom is 0.249 e.